The van der Waals surface area contributed by atoms with Crippen molar-refractivity contribution in [3.05, 3.63) is 108 Å². The molecule has 0 aromatic heterocycles. The fourth-order valence-electron chi connectivity index (χ4n) is 5.89. The Bertz CT molecular complexity index is 1240. The third-order valence-electron chi connectivity index (χ3n) is 9.09. The Labute approximate surface area is 244 Å². The first-order valence-corrected chi connectivity index (χ1v) is 14.7. The van der Waals surface area contributed by atoms with E-state index in [2.05, 4.69) is 5.32 Å². The molecule has 0 unspecified atom stereocenters. The normalized spacial score (nSPS) is 17.2. The van der Waals surface area contributed by atoms with Crippen molar-refractivity contribution in [1.82, 2.24) is 5.32 Å². The topological polar surface area (TPSA) is 72.5 Å². The van der Waals surface area contributed by atoms with E-state index >= 15 is 0 Å². The van der Waals surface area contributed by atoms with Crippen LogP contribution in [0.25, 0.3) is 0 Å². The molecule has 5 heteroatoms. The minimum atomic E-state index is -1.75. The van der Waals surface area contributed by atoms with Gasteiger partial charge in [0.1, 0.15) is 5.60 Å². The van der Waals surface area contributed by atoms with Gasteiger partial charge in [0.15, 0.2) is 17.0 Å². The van der Waals surface area contributed by atoms with Crippen LogP contribution < -0.4 is 5.32 Å². The van der Waals surface area contributed by atoms with Crippen LogP contribution in [0.1, 0.15) is 77.5 Å². The van der Waals surface area contributed by atoms with E-state index in [1.54, 1.807) is 0 Å². The quantitative estimate of drug-likeness (QED) is 0.196. The number of rotatable bonds is 12. The molecule has 1 aliphatic rings. The predicted octanol–water partition coefficient (Wildman–Crippen LogP) is 6.88. The first kappa shape index (κ1) is 30.4. The molecule has 1 saturated heterocycles. The fourth-order valence-corrected chi connectivity index (χ4v) is 5.89. The molecule has 0 saturated carbocycles. The summed E-state index contributed by atoms with van der Waals surface area (Å²) < 4.78 is 6.96. The Morgan fingerprint density at radius 3 is 1.44 bits per heavy atom. The zero-order valence-corrected chi connectivity index (χ0v) is 25.2. The molecule has 1 heterocycles. The first-order valence-electron chi connectivity index (χ1n) is 14.7. The second kappa shape index (κ2) is 11.7. The Hall–Kier alpha value is -3.57. The summed E-state index contributed by atoms with van der Waals surface area (Å²) in [5.74, 6) is -1.12. The lowest BCUT2D eigenvalue weighted by Crippen LogP contribution is -2.54. The average molecular weight is 554 g/mol. The molecular formula is C36H43NO4. The Kier molecular flexibility index (Phi) is 8.70. The monoisotopic (exact) mass is 553 g/mol. The van der Waals surface area contributed by atoms with Gasteiger partial charge in [-0.05, 0) is 36.0 Å². The molecule has 5 nitrogen and oxygen atoms in total. The average Bonchev–Trinajstić information content (AvgIpc) is 3.34. The van der Waals surface area contributed by atoms with Gasteiger partial charge in [-0.1, -0.05) is 133 Å². The van der Waals surface area contributed by atoms with Gasteiger partial charge in [-0.15, -0.1) is 0 Å². The number of benzene rings is 3. The van der Waals surface area contributed by atoms with Crippen molar-refractivity contribution in [3.63, 3.8) is 0 Å². The van der Waals surface area contributed by atoms with E-state index in [1.807, 2.05) is 133 Å². The number of carbonyl (C=O) groups excluding carboxylic acids is 3. The predicted molar refractivity (Wildman–Crippen MR) is 162 cm³/mol. The summed E-state index contributed by atoms with van der Waals surface area (Å²) in [6.45, 7) is 11.3. The molecule has 1 aliphatic heterocycles. The van der Waals surface area contributed by atoms with Gasteiger partial charge in [0.2, 0.25) is 5.91 Å². The maximum Gasteiger partial charge on any atom is 0.241 e. The summed E-state index contributed by atoms with van der Waals surface area (Å²) in [5, 5.41) is 3.02. The number of ether oxygens (including phenoxy) is 1. The van der Waals surface area contributed by atoms with Crippen LogP contribution in [0.5, 0.6) is 0 Å². The van der Waals surface area contributed by atoms with Crippen LogP contribution in [0, 0.1) is 16.2 Å². The summed E-state index contributed by atoms with van der Waals surface area (Å²) in [6.07, 6.45) is 1.13. The van der Waals surface area contributed by atoms with Gasteiger partial charge in [-0.2, -0.15) is 0 Å². The third kappa shape index (κ3) is 5.40. The Morgan fingerprint density at radius 1 is 0.732 bits per heavy atom. The molecule has 3 aromatic rings. The van der Waals surface area contributed by atoms with Crippen LogP contribution in [0.4, 0.5) is 0 Å². The lowest BCUT2D eigenvalue weighted by molar-refractivity contribution is -0.156. The maximum atomic E-state index is 14.1. The molecule has 3 aromatic carbocycles. The van der Waals surface area contributed by atoms with E-state index in [0.29, 0.717) is 12.8 Å². The number of hydrogen-bond donors (Lipinski definition) is 1. The molecule has 1 amide bonds. The number of hydrogen-bond acceptors (Lipinski definition) is 4. The lowest BCUT2D eigenvalue weighted by atomic mass is 9.61. The van der Waals surface area contributed by atoms with E-state index < -0.39 is 33.8 Å². The van der Waals surface area contributed by atoms with Gasteiger partial charge in [0, 0.05) is 10.8 Å². The highest BCUT2D eigenvalue weighted by Crippen LogP contribution is 2.46. The van der Waals surface area contributed by atoms with Crippen LogP contribution in [-0.2, 0) is 24.7 Å². The highest BCUT2D eigenvalue weighted by atomic mass is 16.5. The summed E-state index contributed by atoms with van der Waals surface area (Å²) >= 11 is 0. The highest BCUT2D eigenvalue weighted by molar-refractivity contribution is 6.27. The molecule has 216 valence electrons. The van der Waals surface area contributed by atoms with Gasteiger partial charge in [-0.3, -0.25) is 14.4 Å². The summed E-state index contributed by atoms with van der Waals surface area (Å²) in [6, 6.07) is 29.5. The molecule has 0 spiro atoms. The fraction of sp³-hybridized carbons (Fsp3) is 0.417. The van der Waals surface area contributed by atoms with Crippen LogP contribution in [0.15, 0.2) is 91.0 Å². The minimum absolute atomic E-state index is 0.0742. The molecule has 1 atom stereocenters. The van der Waals surface area contributed by atoms with Crippen LogP contribution in [-0.4, -0.2) is 30.1 Å². The van der Waals surface area contributed by atoms with Gasteiger partial charge in [0.05, 0.1) is 12.6 Å². The smallest absolute Gasteiger partial charge is 0.241 e. The standard InChI is InChI=1S/C36H43NO4/c1-7-33(3,4)30(38)35(31(39)34(5,6)8-2)24-29(37-32(35)40)25-41-36(26-18-12-9-13-19-26,27-20-14-10-15-21-27)28-22-16-11-17-23-28/h9-23,29H,7-8,24-25H2,1-6H3,(H,37,40)/t29-/m0/s1. The summed E-state index contributed by atoms with van der Waals surface area (Å²) in [4.78, 5) is 42.1. The van der Waals surface area contributed by atoms with Gasteiger partial charge in [0.25, 0.3) is 0 Å². The van der Waals surface area contributed by atoms with Crippen LogP contribution in [0.3, 0.4) is 0 Å². The Morgan fingerprint density at radius 2 is 1.10 bits per heavy atom. The molecule has 0 radical (unpaired) electrons. The van der Waals surface area contributed by atoms with E-state index in [1.165, 1.54) is 0 Å². The van der Waals surface area contributed by atoms with E-state index in [0.717, 1.165) is 16.7 Å². The minimum Gasteiger partial charge on any atom is -0.359 e. The maximum absolute atomic E-state index is 14.1. The zero-order valence-electron chi connectivity index (χ0n) is 25.2. The number of Topliss-reactive ketones (excluding diaryl/α,β-unsaturated/α-hetero) is 2. The van der Waals surface area contributed by atoms with Gasteiger partial charge in [-0.25, -0.2) is 0 Å². The van der Waals surface area contributed by atoms with Crippen LogP contribution in [0.2, 0.25) is 0 Å². The summed E-state index contributed by atoms with van der Waals surface area (Å²) in [7, 11) is 0. The largest absolute Gasteiger partial charge is 0.359 e. The number of carbonyl (C=O) groups is 3. The third-order valence-corrected chi connectivity index (χ3v) is 9.09. The number of nitrogens with one attached hydrogen (secondary N) is 1. The molecule has 1 fully saturated rings. The summed E-state index contributed by atoms with van der Waals surface area (Å²) in [5.41, 5.74) is -1.54. The van der Waals surface area contributed by atoms with E-state index in [-0.39, 0.29) is 24.6 Å². The van der Waals surface area contributed by atoms with Crippen molar-refractivity contribution in [2.45, 2.75) is 72.4 Å². The van der Waals surface area contributed by atoms with Crippen molar-refractivity contribution >= 4 is 17.5 Å². The second-order valence-electron chi connectivity index (χ2n) is 12.5. The zero-order chi connectivity index (χ0) is 29.9. The lowest BCUT2D eigenvalue weighted by Gasteiger charge is -2.38. The van der Waals surface area contributed by atoms with Gasteiger partial charge < -0.3 is 10.1 Å². The van der Waals surface area contributed by atoms with E-state index in [4.69, 9.17) is 4.74 Å². The number of amides is 1. The van der Waals surface area contributed by atoms with Crippen molar-refractivity contribution in [1.29, 1.82) is 0 Å². The first-order chi connectivity index (χ1) is 19.5. The molecule has 1 N–H and O–H groups in total. The Balaban J connectivity index is 1.79. The van der Waals surface area contributed by atoms with E-state index in [9.17, 15) is 14.4 Å². The molecule has 41 heavy (non-hydrogen) atoms. The SMILES string of the molecule is CCC(C)(C)C(=O)C1(C(=O)C(C)(C)CC)C[C@@H](COC(c2ccccc2)(c2ccccc2)c2ccccc2)NC1=O. The van der Waals surface area contributed by atoms with Crippen molar-refractivity contribution < 1.29 is 19.1 Å². The van der Waals surface area contributed by atoms with Crippen molar-refractivity contribution in [3.8, 4) is 0 Å². The molecule has 0 bridgehead atoms. The van der Waals surface area contributed by atoms with Crippen molar-refractivity contribution in [2.75, 3.05) is 6.61 Å². The second-order valence-corrected chi connectivity index (χ2v) is 12.5. The number of ketones is 2. The van der Waals surface area contributed by atoms with Crippen LogP contribution >= 0.6 is 0 Å². The van der Waals surface area contributed by atoms with Crippen molar-refractivity contribution in [2.24, 2.45) is 16.2 Å². The van der Waals surface area contributed by atoms with Gasteiger partial charge >= 0.3 is 0 Å². The molecular weight excluding hydrogens is 510 g/mol. The highest BCUT2D eigenvalue weighted by Gasteiger charge is 2.63. The molecule has 0 aliphatic carbocycles. The molecule has 4 rings (SSSR count).